The summed E-state index contributed by atoms with van der Waals surface area (Å²) < 4.78 is 52.7. The lowest BCUT2D eigenvalue weighted by Crippen LogP contribution is -2.50. The first-order valence-corrected chi connectivity index (χ1v) is 10.3. The zero-order valence-electron chi connectivity index (χ0n) is 14.3. The molecule has 0 spiro atoms. The van der Waals surface area contributed by atoms with Crippen molar-refractivity contribution >= 4 is 27.3 Å². The monoisotopic (exact) mass is 400 g/mol. The fourth-order valence-electron chi connectivity index (χ4n) is 2.75. The number of thiophene rings is 1. The molecule has 140 valence electrons. The van der Waals surface area contributed by atoms with E-state index in [0.717, 1.165) is 22.6 Å². The Kier molecular flexibility index (Phi) is 5.14. The summed E-state index contributed by atoms with van der Waals surface area (Å²) in [5.41, 5.74) is 1.05. The van der Waals surface area contributed by atoms with Crippen LogP contribution in [0.3, 0.4) is 0 Å². The zero-order valence-corrected chi connectivity index (χ0v) is 16.0. The molecule has 0 bridgehead atoms. The van der Waals surface area contributed by atoms with E-state index in [1.54, 1.807) is 4.90 Å². The van der Waals surface area contributed by atoms with Crippen LogP contribution in [-0.2, 0) is 10.0 Å². The summed E-state index contributed by atoms with van der Waals surface area (Å²) in [6.45, 7) is 4.60. The molecule has 1 amide bonds. The highest BCUT2D eigenvalue weighted by Gasteiger charge is 2.31. The fraction of sp³-hybridized carbons (Fsp3) is 0.353. The van der Waals surface area contributed by atoms with Crippen LogP contribution in [0.25, 0.3) is 0 Å². The molecule has 1 fully saturated rings. The lowest BCUT2D eigenvalue weighted by molar-refractivity contribution is 0.0702. The second-order valence-electron chi connectivity index (χ2n) is 6.12. The smallest absolute Gasteiger partial charge is 0.264 e. The molecule has 0 saturated carbocycles. The van der Waals surface area contributed by atoms with Gasteiger partial charge in [-0.2, -0.15) is 4.31 Å². The molecule has 0 aliphatic carbocycles. The largest absolute Gasteiger partial charge is 0.335 e. The molecule has 1 saturated heterocycles. The van der Waals surface area contributed by atoms with Crippen LogP contribution in [0.1, 0.15) is 20.1 Å². The third-order valence-corrected chi connectivity index (χ3v) is 7.47. The van der Waals surface area contributed by atoms with Gasteiger partial charge in [0, 0.05) is 31.1 Å². The highest BCUT2D eigenvalue weighted by molar-refractivity contribution is 7.89. The Bertz CT molecular complexity index is 929. The van der Waals surface area contributed by atoms with Crippen LogP contribution >= 0.6 is 11.3 Å². The van der Waals surface area contributed by atoms with Crippen molar-refractivity contribution in [3.8, 4) is 0 Å². The normalized spacial score (nSPS) is 16.1. The molecule has 2 heterocycles. The second-order valence-corrected chi connectivity index (χ2v) is 9.32. The minimum atomic E-state index is -3.93. The SMILES string of the molecule is Cc1cc(C(=O)N2CCN(S(=O)(=O)c3ccc(F)c(F)c3)CC2)sc1C. The summed E-state index contributed by atoms with van der Waals surface area (Å²) in [6.07, 6.45) is 0. The van der Waals surface area contributed by atoms with E-state index in [4.69, 9.17) is 0 Å². The van der Waals surface area contributed by atoms with Gasteiger partial charge in [-0.1, -0.05) is 0 Å². The topological polar surface area (TPSA) is 57.7 Å². The van der Waals surface area contributed by atoms with Crippen molar-refractivity contribution in [2.45, 2.75) is 18.7 Å². The standard InChI is InChI=1S/C17H18F2N2O3S2/c1-11-9-16(25-12(11)2)17(22)20-5-7-21(8-6-20)26(23,24)13-3-4-14(18)15(19)10-13/h3-4,9-10H,5-8H2,1-2H3. The van der Waals surface area contributed by atoms with E-state index >= 15 is 0 Å². The van der Waals surface area contributed by atoms with Crippen molar-refractivity contribution in [3.63, 3.8) is 0 Å². The number of carbonyl (C=O) groups excluding carboxylic acids is 1. The molecule has 1 aromatic heterocycles. The van der Waals surface area contributed by atoms with Gasteiger partial charge in [-0.25, -0.2) is 17.2 Å². The number of rotatable bonds is 3. The van der Waals surface area contributed by atoms with E-state index in [9.17, 15) is 22.0 Å². The first kappa shape index (κ1) is 18.9. The van der Waals surface area contributed by atoms with E-state index < -0.39 is 21.7 Å². The molecular weight excluding hydrogens is 382 g/mol. The number of aryl methyl sites for hydroxylation is 2. The van der Waals surface area contributed by atoms with Gasteiger partial charge in [0.25, 0.3) is 5.91 Å². The van der Waals surface area contributed by atoms with E-state index in [2.05, 4.69) is 0 Å². The van der Waals surface area contributed by atoms with Crippen molar-refractivity contribution in [1.82, 2.24) is 9.21 Å². The number of amides is 1. The first-order chi connectivity index (χ1) is 12.2. The quantitative estimate of drug-likeness (QED) is 0.796. The van der Waals surface area contributed by atoms with Crippen molar-refractivity contribution in [2.75, 3.05) is 26.2 Å². The Labute approximate surface area is 154 Å². The molecular formula is C17H18F2N2O3S2. The molecule has 0 N–H and O–H groups in total. The number of carbonyl (C=O) groups is 1. The summed E-state index contributed by atoms with van der Waals surface area (Å²) in [5.74, 6) is -2.42. The second kappa shape index (κ2) is 7.05. The Balaban J connectivity index is 1.71. The van der Waals surface area contributed by atoms with E-state index in [-0.39, 0.29) is 37.0 Å². The van der Waals surface area contributed by atoms with Gasteiger partial charge in [-0.05, 0) is 43.7 Å². The molecule has 1 aliphatic heterocycles. The van der Waals surface area contributed by atoms with Gasteiger partial charge in [0.15, 0.2) is 11.6 Å². The van der Waals surface area contributed by atoms with Gasteiger partial charge in [-0.15, -0.1) is 11.3 Å². The first-order valence-electron chi connectivity index (χ1n) is 8.01. The van der Waals surface area contributed by atoms with E-state index in [0.29, 0.717) is 10.9 Å². The van der Waals surface area contributed by atoms with E-state index in [1.807, 2.05) is 19.9 Å². The maximum Gasteiger partial charge on any atom is 0.264 e. The van der Waals surface area contributed by atoms with Crippen LogP contribution in [0.5, 0.6) is 0 Å². The Morgan fingerprint density at radius 3 is 2.23 bits per heavy atom. The van der Waals surface area contributed by atoms with Gasteiger partial charge in [-0.3, -0.25) is 4.79 Å². The number of piperazine rings is 1. The fourth-order valence-corrected chi connectivity index (χ4v) is 5.19. The number of hydrogen-bond donors (Lipinski definition) is 0. The lowest BCUT2D eigenvalue weighted by Gasteiger charge is -2.33. The van der Waals surface area contributed by atoms with Crippen molar-refractivity contribution < 1.29 is 22.0 Å². The van der Waals surface area contributed by atoms with E-state index in [1.165, 1.54) is 15.6 Å². The summed E-state index contributed by atoms with van der Waals surface area (Å²) in [7, 11) is -3.93. The molecule has 0 radical (unpaired) electrons. The van der Waals surface area contributed by atoms with Crippen molar-refractivity contribution in [3.05, 3.63) is 51.2 Å². The maximum atomic E-state index is 13.4. The number of hydrogen-bond acceptors (Lipinski definition) is 4. The lowest BCUT2D eigenvalue weighted by atomic mass is 10.2. The zero-order chi connectivity index (χ0) is 19.1. The predicted molar refractivity (Wildman–Crippen MR) is 94.8 cm³/mol. The van der Waals surface area contributed by atoms with Crippen molar-refractivity contribution in [1.29, 1.82) is 0 Å². The average Bonchev–Trinajstić information content (AvgIpc) is 2.95. The summed E-state index contributed by atoms with van der Waals surface area (Å²) >= 11 is 1.42. The van der Waals surface area contributed by atoms with Crippen LogP contribution in [0.15, 0.2) is 29.2 Å². The average molecular weight is 400 g/mol. The molecule has 0 atom stereocenters. The van der Waals surface area contributed by atoms with Gasteiger partial charge >= 0.3 is 0 Å². The highest BCUT2D eigenvalue weighted by Crippen LogP contribution is 2.24. The molecule has 9 heteroatoms. The predicted octanol–water partition coefficient (Wildman–Crippen LogP) is 2.79. The molecule has 0 unspecified atom stereocenters. The highest BCUT2D eigenvalue weighted by atomic mass is 32.2. The third kappa shape index (κ3) is 3.51. The van der Waals surface area contributed by atoms with Crippen LogP contribution in [0, 0.1) is 25.5 Å². The Hall–Kier alpha value is -1.84. The molecule has 26 heavy (non-hydrogen) atoms. The minimum absolute atomic E-state index is 0.108. The molecule has 5 nitrogen and oxygen atoms in total. The number of halogens is 2. The number of benzene rings is 1. The van der Waals surface area contributed by atoms with Gasteiger partial charge in [0.2, 0.25) is 10.0 Å². The minimum Gasteiger partial charge on any atom is -0.335 e. The summed E-state index contributed by atoms with van der Waals surface area (Å²) in [5, 5.41) is 0. The van der Waals surface area contributed by atoms with Gasteiger partial charge in [0.1, 0.15) is 0 Å². The van der Waals surface area contributed by atoms with Crippen LogP contribution in [0.2, 0.25) is 0 Å². The molecule has 3 rings (SSSR count). The Morgan fingerprint density at radius 1 is 1.04 bits per heavy atom. The third-order valence-electron chi connectivity index (χ3n) is 4.43. The molecule has 1 aliphatic rings. The van der Waals surface area contributed by atoms with Crippen LogP contribution in [0.4, 0.5) is 8.78 Å². The van der Waals surface area contributed by atoms with Crippen LogP contribution in [-0.4, -0.2) is 49.7 Å². The van der Waals surface area contributed by atoms with Gasteiger partial charge in [0.05, 0.1) is 9.77 Å². The van der Waals surface area contributed by atoms with Crippen molar-refractivity contribution in [2.24, 2.45) is 0 Å². The Morgan fingerprint density at radius 2 is 1.69 bits per heavy atom. The maximum absolute atomic E-state index is 13.4. The number of sulfonamides is 1. The molecule has 1 aromatic carbocycles. The number of nitrogens with zero attached hydrogens (tertiary/aromatic N) is 2. The molecule has 2 aromatic rings. The van der Waals surface area contributed by atoms with Gasteiger partial charge < -0.3 is 4.90 Å². The van der Waals surface area contributed by atoms with Crippen LogP contribution < -0.4 is 0 Å². The summed E-state index contributed by atoms with van der Waals surface area (Å²) in [6, 6.07) is 4.36. The summed E-state index contributed by atoms with van der Waals surface area (Å²) in [4.78, 5) is 15.6.